The van der Waals surface area contributed by atoms with Crippen molar-refractivity contribution >= 4 is 27.3 Å². The van der Waals surface area contributed by atoms with Gasteiger partial charge in [-0.3, -0.25) is 0 Å². The van der Waals surface area contributed by atoms with E-state index in [-0.39, 0.29) is 33.4 Å². The van der Waals surface area contributed by atoms with Crippen molar-refractivity contribution in [3.63, 3.8) is 0 Å². The molecule has 0 saturated heterocycles. The second-order valence-corrected chi connectivity index (χ2v) is 1.26. The van der Waals surface area contributed by atoms with E-state index in [1.165, 1.54) is 0 Å². The predicted molar refractivity (Wildman–Crippen MR) is 30.5 cm³/mol. The van der Waals surface area contributed by atoms with Crippen LogP contribution in [0.2, 0.25) is 0 Å². The van der Waals surface area contributed by atoms with E-state index in [1.54, 1.807) is 6.92 Å². The number of rotatable bonds is 1. The van der Waals surface area contributed by atoms with Gasteiger partial charge in [0.25, 0.3) is 0 Å². The molecule has 0 aliphatic heterocycles. The summed E-state index contributed by atoms with van der Waals surface area (Å²) >= 11 is 0. The first-order valence-electron chi connectivity index (χ1n) is 1.95. The minimum atomic E-state index is -0.116. The molecule has 6 heavy (non-hydrogen) atoms. The second kappa shape index (κ2) is 5.88. The van der Waals surface area contributed by atoms with Crippen LogP contribution in [0.5, 0.6) is 0 Å². The summed E-state index contributed by atoms with van der Waals surface area (Å²) in [5.41, 5.74) is 0. The van der Waals surface area contributed by atoms with E-state index in [1.807, 2.05) is 6.92 Å². The Morgan fingerprint density at radius 1 is 1.67 bits per heavy atom. The van der Waals surface area contributed by atoms with E-state index in [2.05, 4.69) is 0 Å². The van der Waals surface area contributed by atoms with Gasteiger partial charge < -0.3 is 5.11 Å². The molecule has 0 bridgehead atoms. The molecule has 0 rings (SSSR count). The zero-order valence-corrected chi connectivity index (χ0v) is 9.94. The van der Waals surface area contributed by atoms with Crippen molar-refractivity contribution in [1.29, 1.82) is 0 Å². The Balaban J connectivity index is 0. The Bertz CT molecular complexity index is 21.5. The van der Waals surface area contributed by atoms with E-state index in [0.29, 0.717) is 0 Å². The molecule has 2 radical (unpaired) electrons. The van der Waals surface area contributed by atoms with Crippen LogP contribution in [0, 0.1) is 0 Å². The Morgan fingerprint density at radius 2 is 1.83 bits per heavy atom. The third-order valence-electron chi connectivity index (χ3n) is 0.591. The van der Waals surface area contributed by atoms with Crippen molar-refractivity contribution in [2.45, 2.75) is 26.4 Å². The van der Waals surface area contributed by atoms with Crippen molar-refractivity contribution in [2.75, 3.05) is 0 Å². The first-order chi connectivity index (χ1) is 2.27. The summed E-state index contributed by atoms with van der Waals surface area (Å²) in [6.45, 7) is 3.73. The van der Waals surface area contributed by atoms with Gasteiger partial charge in [0.2, 0.25) is 0 Å². The molecule has 1 atom stereocenters. The number of aliphatic hydroxyl groups is 1. The van der Waals surface area contributed by atoms with Gasteiger partial charge in [-0.25, -0.2) is 0 Å². The molecule has 2 heteroatoms. The van der Waals surface area contributed by atoms with Crippen LogP contribution in [0.4, 0.5) is 0 Å². The van der Waals surface area contributed by atoms with Crippen LogP contribution in [0.15, 0.2) is 0 Å². The molecule has 0 fully saturated rings. The van der Waals surface area contributed by atoms with Gasteiger partial charge in [-0.15, -0.1) is 0 Å². The Kier molecular flexibility index (Phi) is 9.79. The number of aliphatic hydroxyl groups excluding tert-OH is 1. The van der Waals surface area contributed by atoms with Gasteiger partial charge in [-0.1, -0.05) is 6.92 Å². The van der Waals surface area contributed by atoms with Crippen LogP contribution < -0.4 is 0 Å². The standard InChI is InChI=1S/C4H10O.Pb.2H/c1-3-4(2)5;;;/h4-5H,3H2,1-2H3;;;. The average Bonchev–Trinajstić information content (AvgIpc) is 1.38. The van der Waals surface area contributed by atoms with Crippen LogP contribution in [0.3, 0.4) is 0 Å². The van der Waals surface area contributed by atoms with Crippen molar-refractivity contribution in [1.82, 2.24) is 0 Å². The van der Waals surface area contributed by atoms with Crippen molar-refractivity contribution < 1.29 is 5.11 Å². The van der Waals surface area contributed by atoms with Crippen LogP contribution >= 0.6 is 0 Å². The molecule has 0 aliphatic carbocycles. The summed E-state index contributed by atoms with van der Waals surface area (Å²) in [5, 5.41) is 8.36. The Hall–Kier alpha value is 0.882. The van der Waals surface area contributed by atoms with E-state index in [4.69, 9.17) is 5.11 Å². The minimum absolute atomic E-state index is 0. The molecule has 0 amide bonds. The van der Waals surface area contributed by atoms with Gasteiger partial charge >= 0.3 is 27.3 Å². The van der Waals surface area contributed by atoms with E-state index in [9.17, 15) is 0 Å². The van der Waals surface area contributed by atoms with Crippen LogP contribution in [-0.4, -0.2) is 38.5 Å². The maximum absolute atomic E-state index is 8.36. The summed E-state index contributed by atoms with van der Waals surface area (Å²) in [5.74, 6) is 0. The topological polar surface area (TPSA) is 20.2 Å². The molecule has 0 aromatic carbocycles. The first-order valence-corrected chi connectivity index (χ1v) is 1.95. The molecule has 1 nitrogen and oxygen atoms in total. The van der Waals surface area contributed by atoms with E-state index in [0.717, 1.165) is 6.42 Å². The van der Waals surface area contributed by atoms with Crippen LogP contribution in [0.25, 0.3) is 0 Å². The van der Waals surface area contributed by atoms with Crippen molar-refractivity contribution in [3.05, 3.63) is 0 Å². The molecule has 0 spiro atoms. The zero-order chi connectivity index (χ0) is 4.28. The molecule has 0 saturated carbocycles. The van der Waals surface area contributed by atoms with Crippen molar-refractivity contribution in [2.24, 2.45) is 0 Å². The molecule has 0 heterocycles. The molecule has 0 aromatic heterocycles. The van der Waals surface area contributed by atoms with Gasteiger partial charge in [-0.05, 0) is 13.3 Å². The molecular formula is C4H12OPb. The summed E-state index contributed by atoms with van der Waals surface area (Å²) < 4.78 is 0. The summed E-state index contributed by atoms with van der Waals surface area (Å²) in [4.78, 5) is 0. The van der Waals surface area contributed by atoms with Gasteiger partial charge in [-0.2, -0.15) is 0 Å². The monoisotopic (exact) mass is 284 g/mol. The summed E-state index contributed by atoms with van der Waals surface area (Å²) in [7, 11) is 0. The normalized spacial score (nSPS) is 12.5. The van der Waals surface area contributed by atoms with Gasteiger partial charge in [0.1, 0.15) is 0 Å². The third kappa shape index (κ3) is 8.86. The molecule has 1 unspecified atom stereocenters. The quantitative estimate of drug-likeness (QED) is 0.664. The zero-order valence-electron chi connectivity index (χ0n) is 4.44. The fourth-order valence-corrected chi connectivity index (χ4v) is 0. The fourth-order valence-electron chi connectivity index (χ4n) is 0. The third-order valence-corrected chi connectivity index (χ3v) is 0.591. The number of hydrogen-bond acceptors (Lipinski definition) is 1. The van der Waals surface area contributed by atoms with Crippen LogP contribution in [-0.2, 0) is 0 Å². The average molecular weight is 283 g/mol. The predicted octanol–water partition coefficient (Wildman–Crippen LogP) is -0.139. The first kappa shape index (κ1) is 9.99. The van der Waals surface area contributed by atoms with Gasteiger partial charge in [0.15, 0.2) is 0 Å². The van der Waals surface area contributed by atoms with E-state index < -0.39 is 0 Å². The second-order valence-electron chi connectivity index (χ2n) is 1.26. The Morgan fingerprint density at radius 3 is 1.83 bits per heavy atom. The van der Waals surface area contributed by atoms with Gasteiger partial charge in [0.05, 0.1) is 6.10 Å². The summed E-state index contributed by atoms with van der Waals surface area (Å²) in [6.07, 6.45) is 0.745. The van der Waals surface area contributed by atoms with E-state index >= 15 is 0 Å². The van der Waals surface area contributed by atoms with Gasteiger partial charge in [0, 0.05) is 0 Å². The Labute approximate surface area is 58.9 Å². The fraction of sp³-hybridized carbons (Fsp3) is 1.00. The maximum atomic E-state index is 8.36. The molecular weight excluding hydrogens is 271 g/mol. The molecule has 0 aliphatic rings. The van der Waals surface area contributed by atoms with Crippen LogP contribution in [0.1, 0.15) is 20.3 Å². The van der Waals surface area contributed by atoms with Crippen molar-refractivity contribution in [3.8, 4) is 0 Å². The number of hydrogen-bond donors (Lipinski definition) is 1. The summed E-state index contributed by atoms with van der Waals surface area (Å²) in [6, 6.07) is 0. The molecule has 38 valence electrons. The molecule has 1 N–H and O–H groups in total. The molecule has 0 aromatic rings. The SMILES string of the molecule is CCC(C)O.[PbH2].